The Morgan fingerprint density at radius 1 is 1.12 bits per heavy atom. The number of hydrogen-bond acceptors (Lipinski definition) is 3. The maximum absolute atomic E-state index is 10.3. The average Bonchev–Trinajstić information content (AvgIpc) is 2.55. The lowest BCUT2D eigenvalue weighted by atomic mass is 9.94. The summed E-state index contributed by atoms with van der Waals surface area (Å²) in [6.07, 6.45) is 8.61. The van der Waals surface area contributed by atoms with Crippen molar-refractivity contribution in [2.45, 2.75) is 57.1 Å². The Labute approximate surface area is 106 Å². The van der Waals surface area contributed by atoms with E-state index in [4.69, 9.17) is 0 Å². The third kappa shape index (κ3) is 3.67. The molecular formula is C14H28N2O. The lowest BCUT2D eigenvalue weighted by Crippen LogP contribution is -2.49. The summed E-state index contributed by atoms with van der Waals surface area (Å²) < 4.78 is 0. The van der Waals surface area contributed by atoms with Crippen molar-refractivity contribution in [1.29, 1.82) is 0 Å². The second-order valence-corrected chi connectivity index (χ2v) is 5.83. The molecule has 3 nitrogen and oxygen atoms in total. The van der Waals surface area contributed by atoms with Crippen molar-refractivity contribution in [2.24, 2.45) is 5.92 Å². The van der Waals surface area contributed by atoms with Gasteiger partial charge in [-0.25, -0.2) is 0 Å². The molecule has 2 N–H and O–H groups in total. The standard InChI is InChI=1S/C14H28N2O/c1-15-10-12-6-5-9-16(11-12)13-7-3-2-4-8-14(13)17/h12-15,17H,2-11H2,1H3. The Kier molecular flexibility index (Phi) is 5.26. The minimum absolute atomic E-state index is 0.0779. The van der Waals surface area contributed by atoms with E-state index < -0.39 is 0 Å². The molecule has 0 radical (unpaired) electrons. The first-order valence-electron chi connectivity index (χ1n) is 7.38. The van der Waals surface area contributed by atoms with Gasteiger partial charge >= 0.3 is 0 Å². The van der Waals surface area contributed by atoms with Crippen LogP contribution < -0.4 is 5.32 Å². The molecule has 3 heteroatoms. The van der Waals surface area contributed by atoms with E-state index in [1.54, 1.807) is 0 Å². The van der Waals surface area contributed by atoms with Gasteiger partial charge in [-0.05, 0) is 51.7 Å². The Bertz CT molecular complexity index is 220. The zero-order chi connectivity index (χ0) is 12.1. The summed E-state index contributed by atoms with van der Waals surface area (Å²) >= 11 is 0. The summed E-state index contributed by atoms with van der Waals surface area (Å²) in [5.74, 6) is 0.782. The van der Waals surface area contributed by atoms with Gasteiger partial charge in [0.05, 0.1) is 6.10 Å². The number of piperidine rings is 1. The molecule has 0 aromatic rings. The third-order valence-electron chi connectivity index (χ3n) is 4.46. The summed E-state index contributed by atoms with van der Waals surface area (Å²) in [4.78, 5) is 2.57. The summed E-state index contributed by atoms with van der Waals surface area (Å²) in [6, 6.07) is 0.442. The van der Waals surface area contributed by atoms with E-state index in [-0.39, 0.29) is 6.10 Å². The first-order chi connectivity index (χ1) is 8.31. The molecule has 1 heterocycles. The molecule has 2 aliphatic rings. The highest BCUT2D eigenvalue weighted by Crippen LogP contribution is 2.26. The molecule has 2 rings (SSSR count). The number of aliphatic hydroxyl groups is 1. The number of rotatable bonds is 3. The zero-order valence-electron chi connectivity index (χ0n) is 11.2. The van der Waals surface area contributed by atoms with Gasteiger partial charge in [0.15, 0.2) is 0 Å². The smallest absolute Gasteiger partial charge is 0.0695 e. The molecule has 0 amide bonds. The molecule has 100 valence electrons. The van der Waals surface area contributed by atoms with Crippen LogP contribution in [0.1, 0.15) is 44.9 Å². The van der Waals surface area contributed by atoms with Gasteiger partial charge in [-0.3, -0.25) is 4.90 Å². The summed E-state index contributed by atoms with van der Waals surface area (Å²) in [7, 11) is 2.04. The molecule has 2 fully saturated rings. The largest absolute Gasteiger partial charge is 0.391 e. The Balaban J connectivity index is 1.90. The molecule has 17 heavy (non-hydrogen) atoms. The molecule has 1 aliphatic heterocycles. The zero-order valence-corrected chi connectivity index (χ0v) is 11.2. The lowest BCUT2D eigenvalue weighted by Gasteiger charge is -2.40. The van der Waals surface area contributed by atoms with E-state index in [0.717, 1.165) is 18.9 Å². The van der Waals surface area contributed by atoms with Gasteiger partial charge in [-0.15, -0.1) is 0 Å². The fourth-order valence-electron chi connectivity index (χ4n) is 3.55. The fourth-order valence-corrected chi connectivity index (χ4v) is 3.55. The minimum atomic E-state index is -0.0779. The van der Waals surface area contributed by atoms with Crippen LogP contribution in [-0.4, -0.2) is 48.8 Å². The first-order valence-corrected chi connectivity index (χ1v) is 7.38. The first kappa shape index (κ1) is 13.3. The van der Waals surface area contributed by atoms with Gasteiger partial charge in [0.25, 0.3) is 0 Å². The van der Waals surface area contributed by atoms with Crippen LogP contribution in [0.4, 0.5) is 0 Å². The van der Waals surface area contributed by atoms with Crippen LogP contribution in [0.5, 0.6) is 0 Å². The third-order valence-corrected chi connectivity index (χ3v) is 4.46. The summed E-state index contributed by atoms with van der Waals surface area (Å²) in [6.45, 7) is 3.50. The predicted molar refractivity (Wildman–Crippen MR) is 71.1 cm³/mol. The van der Waals surface area contributed by atoms with Crippen molar-refractivity contribution in [3.05, 3.63) is 0 Å². The molecule has 3 atom stereocenters. The Morgan fingerprint density at radius 3 is 2.76 bits per heavy atom. The average molecular weight is 240 g/mol. The maximum Gasteiger partial charge on any atom is 0.0695 e. The van der Waals surface area contributed by atoms with E-state index in [9.17, 15) is 5.11 Å². The Hall–Kier alpha value is -0.120. The lowest BCUT2D eigenvalue weighted by molar-refractivity contribution is 0.0211. The number of nitrogens with zero attached hydrogens (tertiary/aromatic N) is 1. The van der Waals surface area contributed by atoms with Gasteiger partial charge < -0.3 is 10.4 Å². The molecular weight excluding hydrogens is 212 g/mol. The second kappa shape index (κ2) is 6.72. The normalized spacial score (nSPS) is 36.7. The number of aliphatic hydroxyl groups excluding tert-OH is 1. The van der Waals surface area contributed by atoms with E-state index in [2.05, 4.69) is 10.2 Å². The quantitative estimate of drug-likeness (QED) is 0.736. The molecule has 0 spiro atoms. The molecule has 0 aromatic carbocycles. The van der Waals surface area contributed by atoms with Crippen LogP contribution in [0, 0.1) is 5.92 Å². The highest BCUT2D eigenvalue weighted by molar-refractivity contribution is 4.85. The number of hydrogen-bond donors (Lipinski definition) is 2. The van der Waals surface area contributed by atoms with E-state index in [1.165, 1.54) is 51.6 Å². The molecule has 0 bridgehead atoms. The van der Waals surface area contributed by atoms with Crippen molar-refractivity contribution in [3.8, 4) is 0 Å². The van der Waals surface area contributed by atoms with Crippen molar-refractivity contribution in [2.75, 3.05) is 26.7 Å². The predicted octanol–water partition coefficient (Wildman–Crippen LogP) is 1.61. The van der Waals surface area contributed by atoms with Crippen LogP contribution in [0.2, 0.25) is 0 Å². The minimum Gasteiger partial charge on any atom is -0.391 e. The van der Waals surface area contributed by atoms with E-state index in [1.807, 2.05) is 7.05 Å². The monoisotopic (exact) mass is 240 g/mol. The van der Waals surface area contributed by atoms with Crippen molar-refractivity contribution < 1.29 is 5.11 Å². The van der Waals surface area contributed by atoms with Crippen molar-refractivity contribution in [1.82, 2.24) is 10.2 Å². The molecule has 1 saturated heterocycles. The van der Waals surface area contributed by atoms with E-state index >= 15 is 0 Å². The number of likely N-dealkylation sites (tertiary alicyclic amines) is 1. The number of nitrogens with one attached hydrogen (secondary N) is 1. The molecule has 0 aromatic heterocycles. The van der Waals surface area contributed by atoms with E-state index in [0.29, 0.717) is 6.04 Å². The second-order valence-electron chi connectivity index (χ2n) is 5.83. The van der Waals surface area contributed by atoms with Gasteiger partial charge in [0.1, 0.15) is 0 Å². The van der Waals surface area contributed by atoms with Gasteiger partial charge in [-0.1, -0.05) is 19.3 Å². The summed E-state index contributed by atoms with van der Waals surface area (Å²) in [5.41, 5.74) is 0. The SMILES string of the molecule is CNCC1CCCN(C2CCCCCC2O)C1. The summed E-state index contributed by atoms with van der Waals surface area (Å²) in [5, 5.41) is 13.6. The topological polar surface area (TPSA) is 35.5 Å². The van der Waals surface area contributed by atoms with Crippen molar-refractivity contribution >= 4 is 0 Å². The fraction of sp³-hybridized carbons (Fsp3) is 1.00. The van der Waals surface area contributed by atoms with Gasteiger partial charge in [0.2, 0.25) is 0 Å². The van der Waals surface area contributed by atoms with Crippen LogP contribution in [0.25, 0.3) is 0 Å². The van der Waals surface area contributed by atoms with Crippen LogP contribution in [0.3, 0.4) is 0 Å². The van der Waals surface area contributed by atoms with Crippen LogP contribution >= 0.6 is 0 Å². The van der Waals surface area contributed by atoms with Crippen molar-refractivity contribution in [3.63, 3.8) is 0 Å². The molecule has 1 aliphatic carbocycles. The highest BCUT2D eigenvalue weighted by Gasteiger charge is 2.30. The van der Waals surface area contributed by atoms with Gasteiger partial charge in [0, 0.05) is 12.6 Å². The van der Waals surface area contributed by atoms with Crippen LogP contribution in [0.15, 0.2) is 0 Å². The maximum atomic E-state index is 10.3. The molecule has 3 unspecified atom stereocenters. The Morgan fingerprint density at radius 2 is 1.94 bits per heavy atom. The van der Waals surface area contributed by atoms with Gasteiger partial charge in [-0.2, -0.15) is 0 Å². The highest BCUT2D eigenvalue weighted by atomic mass is 16.3. The molecule has 1 saturated carbocycles. The van der Waals surface area contributed by atoms with Crippen LogP contribution in [-0.2, 0) is 0 Å².